The van der Waals surface area contributed by atoms with Gasteiger partial charge in [0, 0.05) is 13.1 Å². The molecule has 24 heavy (non-hydrogen) atoms. The summed E-state index contributed by atoms with van der Waals surface area (Å²) in [6, 6.07) is 10.4. The number of nitrogens with zero attached hydrogens (tertiary/aromatic N) is 2. The van der Waals surface area contributed by atoms with Gasteiger partial charge < -0.3 is 9.15 Å². The van der Waals surface area contributed by atoms with E-state index in [9.17, 15) is 4.39 Å². The van der Waals surface area contributed by atoms with Crippen molar-refractivity contribution in [2.24, 2.45) is 0 Å². The van der Waals surface area contributed by atoms with Crippen LogP contribution in [0.2, 0.25) is 0 Å². The van der Waals surface area contributed by atoms with Gasteiger partial charge >= 0.3 is 0 Å². The summed E-state index contributed by atoms with van der Waals surface area (Å²) in [7, 11) is 1.98. The van der Waals surface area contributed by atoms with E-state index in [4.69, 9.17) is 9.15 Å². The van der Waals surface area contributed by atoms with E-state index in [1.165, 1.54) is 6.07 Å². The van der Waals surface area contributed by atoms with Crippen molar-refractivity contribution in [3.8, 4) is 16.5 Å². The molecular weight excluding hydrogens is 327 g/mol. The summed E-state index contributed by atoms with van der Waals surface area (Å²) < 4.78 is 24.7. The fraction of sp³-hybridized carbons (Fsp3) is 0.278. The van der Waals surface area contributed by atoms with Crippen LogP contribution in [0.4, 0.5) is 4.39 Å². The molecule has 1 aromatic carbocycles. The van der Waals surface area contributed by atoms with Crippen molar-refractivity contribution in [2.45, 2.75) is 13.5 Å². The number of likely N-dealkylation sites (N-methyl/N-ethyl adjacent to an activating group) is 1. The highest BCUT2D eigenvalue weighted by atomic mass is 32.1. The van der Waals surface area contributed by atoms with Crippen molar-refractivity contribution < 1.29 is 13.5 Å². The number of ether oxygens (including phenoxy) is 1. The summed E-state index contributed by atoms with van der Waals surface area (Å²) in [5.74, 6) is 1.42. The topological polar surface area (TPSA) is 38.5 Å². The fourth-order valence-corrected chi connectivity index (χ4v) is 2.94. The standard InChI is InChI=1S/C18H19FN2O2S/c1-13-15(20-18(23-13)17-8-5-11-24-17)12-21(2)9-10-22-16-7-4-3-6-14(16)19/h3-8,11H,9-10,12H2,1-2H3. The van der Waals surface area contributed by atoms with Crippen LogP contribution >= 0.6 is 11.3 Å². The second-order valence-electron chi connectivity index (χ2n) is 5.52. The third kappa shape index (κ3) is 4.01. The number of benzene rings is 1. The molecule has 0 aliphatic rings. The molecule has 0 spiro atoms. The van der Waals surface area contributed by atoms with Crippen LogP contribution in [0.1, 0.15) is 11.5 Å². The van der Waals surface area contributed by atoms with Crippen LogP contribution in [0, 0.1) is 12.7 Å². The van der Waals surface area contributed by atoms with Gasteiger partial charge in [0.15, 0.2) is 11.6 Å². The monoisotopic (exact) mass is 346 g/mol. The molecule has 0 saturated heterocycles. The lowest BCUT2D eigenvalue weighted by Gasteiger charge is -2.16. The average Bonchev–Trinajstić information content (AvgIpc) is 3.20. The molecule has 0 atom stereocenters. The van der Waals surface area contributed by atoms with Gasteiger partial charge in [-0.05, 0) is 37.6 Å². The lowest BCUT2D eigenvalue weighted by atomic mass is 10.3. The summed E-state index contributed by atoms with van der Waals surface area (Å²) in [4.78, 5) is 7.67. The van der Waals surface area contributed by atoms with Crippen molar-refractivity contribution in [2.75, 3.05) is 20.2 Å². The van der Waals surface area contributed by atoms with Gasteiger partial charge in [-0.3, -0.25) is 4.90 Å². The third-order valence-electron chi connectivity index (χ3n) is 3.61. The summed E-state index contributed by atoms with van der Waals surface area (Å²) >= 11 is 1.60. The highest BCUT2D eigenvalue weighted by molar-refractivity contribution is 7.13. The maximum absolute atomic E-state index is 13.5. The van der Waals surface area contributed by atoms with E-state index in [1.54, 1.807) is 29.5 Å². The zero-order valence-electron chi connectivity index (χ0n) is 13.7. The molecule has 126 valence electrons. The van der Waals surface area contributed by atoms with Crippen LogP contribution in [0.3, 0.4) is 0 Å². The van der Waals surface area contributed by atoms with E-state index in [2.05, 4.69) is 9.88 Å². The molecule has 2 heterocycles. The second kappa shape index (κ2) is 7.59. The summed E-state index contributed by atoms with van der Waals surface area (Å²) in [5.41, 5.74) is 0.909. The lowest BCUT2D eigenvalue weighted by molar-refractivity contribution is 0.225. The molecule has 6 heteroatoms. The van der Waals surface area contributed by atoms with Gasteiger partial charge in [0.05, 0.1) is 10.6 Å². The molecule has 0 aliphatic carbocycles. The molecule has 3 rings (SSSR count). The predicted octanol–water partition coefficient (Wildman–Crippen LogP) is 4.36. The second-order valence-corrected chi connectivity index (χ2v) is 6.46. The Labute approximate surface area is 144 Å². The smallest absolute Gasteiger partial charge is 0.236 e. The first-order valence-electron chi connectivity index (χ1n) is 7.69. The van der Waals surface area contributed by atoms with Crippen LogP contribution in [0.25, 0.3) is 10.8 Å². The Kier molecular flexibility index (Phi) is 5.27. The number of para-hydroxylation sites is 1. The Bertz CT molecular complexity index is 786. The minimum atomic E-state index is -0.340. The first kappa shape index (κ1) is 16.7. The first-order chi connectivity index (χ1) is 11.6. The van der Waals surface area contributed by atoms with E-state index in [-0.39, 0.29) is 11.6 Å². The molecule has 0 bridgehead atoms. The molecule has 0 fully saturated rings. The molecule has 0 unspecified atom stereocenters. The SMILES string of the molecule is Cc1oc(-c2cccs2)nc1CN(C)CCOc1ccccc1F. The third-order valence-corrected chi connectivity index (χ3v) is 4.47. The van der Waals surface area contributed by atoms with Crippen molar-refractivity contribution in [3.63, 3.8) is 0 Å². The van der Waals surface area contributed by atoms with E-state index in [0.717, 1.165) is 16.3 Å². The molecule has 0 aliphatic heterocycles. The predicted molar refractivity (Wildman–Crippen MR) is 92.8 cm³/mol. The quantitative estimate of drug-likeness (QED) is 0.637. The van der Waals surface area contributed by atoms with Gasteiger partial charge in [0.2, 0.25) is 5.89 Å². The number of thiophene rings is 1. The van der Waals surface area contributed by atoms with Crippen LogP contribution in [0.5, 0.6) is 5.75 Å². The maximum atomic E-state index is 13.5. The molecular formula is C18H19FN2O2S. The van der Waals surface area contributed by atoms with E-state index in [0.29, 0.717) is 25.6 Å². The zero-order valence-corrected chi connectivity index (χ0v) is 14.5. The highest BCUT2D eigenvalue weighted by Crippen LogP contribution is 2.26. The lowest BCUT2D eigenvalue weighted by Crippen LogP contribution is -2.24. The van der Waals surface area contributed by atoms with E-state index < -0.39 is 0 Å². The number of hydrogen-bond acceptors (Lipinski definition) is 5. The van der Waals surface area contributed by atoms with Crippen molar-refractivity contribution >= 4 is 11.3 Å². The molecule has 0 amide bonds. The van der Waals surface area contributed by atoms with Gasteiger partial charge in [0.1, 0.15) is 12.4 Å². The maximum Gasteiger partial charge on any atom is 0.236 e. The van der Waals surface area contributed by atoms with Crippen LogP contribution in [-0.2, 0) is 6.54 Å². The Morgan fingerprint density at radius 1 is 1.25 bits per heavy atom. The molecule has 2 aromatic heterocycles. The number of aryl methyl sites for hydroxylation is 1. The van der Waals surface area contributed by atoms with Gasteiger partial charge in [-0.1, -0.05) is 18.2 Å². The number of hydrogen-bond donors (Lipinski definition) is 0. The molecule has 0 radical (unpaired) electrons. The highest BCUT2D eigenvalue weighted by Gasteiger charge is 2.14. The number of aromatic nitrogens is 1. The Hall–Kier alpha value is -2.18. The molecule has 3 aromatic rings. The van der Waals surface area contributed by atoms with Gasteiger partial charge in [-0.2, -0.15) is 0 Å². The van der Waals surface area contributed by atoms with Crippen LogP contribution in [0.15, 0.2) is 46.2 Å². The normalized spacial score (nSPS) is 11.2. The van der Waals surface area contributed by atoms with Gasteiger partial charge in [-0.25, -0.2) is 9.37 Å². The fourth-order valence-electron chi connectivity index (χ4n) is 2.29. The number of rotatable bonds is 7. The Morgan fingerprint density at radius 2 is 2.08 bits per heavy atom. The van der Waals surface area contributed by atoms with E-state index in [1.807, 2.05) is 31.5 Å². The number of halogens is 1. The minimum Gasteiger partial charge on any atom is -0.489 e. The van der Waals surface area contributed by atoms with Crippen molar-refractivity contribution in [1.29, 1.82) is 0 Å². The molecule has 0 N–H and O–H groups in total. The Balaban J connectivity index is 1.53. The van der Waals surface area contributed by atoms with Crippen LogP contribution < -0.4 is 4.74 Å². The molecule has 0 saturated carbocycles. The van der Waals surface area contributed by atoms with E-state index >= 15 is 0 Å². The van der Waals surface area contributed by atoms with Crippen molar-refractivity contribution in [1.82, 2.24) is 9.88 Å². The minimum absolute atomic E-state index is 0.281. The largest absolute Gasteiger partial charge is 0.489 e. The van der Waals surface area contributed by atoms with Gasteiger partial charge in [0.25, 0.3) is 0 Å². The van der Waals surface area contributed by atoms with Crippen molar-refractivity contribution in [3.05, 3.63) is 59.0 Å². The summed E-state index contributed by atoms with van der Waals surface area (Å²) in [6.45, 7) is 3.64. The molecule has 4 nitrogen and oxygen atoms in total. The van der Waals surface area contributed by atoms with Gasteiger partial charge in [-0.15, -0.1) is 11.3 Å². The Morgan fingerprint density at radius 3 is 2.83 bits per heavy atom. The zero-order chi connectivity index (χ0) is 16.9. The average molecular weight is 346 g/mol. The number of oxazole rings is 1. The van der Waals surface area contributed by atoms with Crippen LogP contribution in [-0.4, -0.2) is 30.1 Å². The summed E-state index contributed by atoms with van der Waals surface area (Å²) in [5, 5.41) is 2.00. The summed E-state index contributed by atoms with van der Waals surface area (Å²) in [6.07, 6.45) is 0. The first-order valence-corrected chi connectivity index (χ1v) is 8.57.